The molecule has 0 spiro atoms. The molecule has 4 nitrogen and oxygen atoms in total. The maximum Gasteiger partial charge on any atom is 0.264 e. The number of fused-ring (bicyclic) bond motifs is 1. The minimum Gasteiger partial charge on any atom is -0.378 e. The molecule has 1 saturated heterocycles. The number of carbonyl (C=O) groups excluding carboxylic acids is 1. The number of rotatable bonds is 2. The van der Waals surface area contributed by atoms with Crippen LogP contribution in [0.1, 0.15) is 29.6 Å². The van der Waals surface area contributed by atoms with Gasteiger partial charge in [0.15, 0.2) is 0 Å². The fourth-order valence-corrected chi connectivity index (χ4v) is 3.32. The normalized spacial score (nSPS) is 16.5. The van der Waals surface area contributed by atoms with Gasteiger partial charge in [-0.2, -0.15) is 0 Å². The highest BCUT2D eigenvalue weighted by Gasteiger charge is 2.20. The van der Waals surface area contributed by atoms with Crippen molar-refractivity contribution in [1.29, 1.82) is 0 Å². The lowest BCUT2D eigenvalue weighted by atomic mass is 10.3. The van der Waals surface area contributed by atoms with Crippen molar-refractivity contribution < 1.29 is 9.53 Å². The van der Waals surface area contributed by atoms with E-state index in [1.54, 1.807) is 11.3 Å². The molecule has 1 aliphatic rings. The third-order valence-electron chi connectivity index (χ3n) is 3.45. The van der Waals surface area contributed by atoms with Crippen LogP contribution in [0.2, 0.25) is 0 Å². The van der Waals surface area contributed by atoms with Crippen LogP contribution in [0.4, 0.5) is 0 Å². The van der Waals surface area contributed by atoms with Crippen LogP contribution in [-0.4, -0.2) is 41.7 Å². The van der Waals surface area contributed by atoms with E-state index < -0.39 is 0 Å². The number of morpholine rings is 1. The Bertz CT molecular complexity index is 562. The van der Waals surface area contributed by atoms with Gasteiger partial charge >= 0.3 is 0 Å². The Balaban J connectivity index is 1.84. The largest absolute Gasteiger partial charge is 0.378 e. The van der Waals surface area contributed by atoms with E-state index in [9.17, 15) is 4.79 Å². The SMILES string of the molecule is CC(C)n1cc2cc(C(=O)N3CCOCC3)sc2c1. The first-order chi connectivity index (χ1) is 9.15. The molecule has 0 atom stereocenters. The molecule has 3 rings (SSSR count). The predicted molar refractivity (Wildman–Crippen MR) is 76.9 cm³/mol. The lowest BCUT2D eigenvalue weighted by Crippen LogP contribution is -2.40. The molecule has 1 fully saturated rings. The zero-order valence-electron chi connectivity index (χ0n) is 11.3. The van der Waals surface area contributed by atoms with Crippen LogP contribution in [0.25, 0.3) is 10.1 Å². The van der Waals surface area contributed by atoms with E-state index >= 15 is 0 Å². The average Bonchev–Trinajstić information content (AvgIpc) is 2.97. The molecule has 0 aliphatic carbocycles. The third-order valence-corrected chi connectivity index (χ3v) is 4.52. The summed E-state index contributed by atoms with van der Waals surface area (Å²) in [6.45, 7) is 7.01. The van der Waals surface area contributed by atoms with Crippen LogP contribution in [0.5, 0.6) is 0 Å². The van der Waals surface area contributed by atoms with Gasteiger partial charge in [0.2, 0.25) is 0 Å². The highest BCUT2D eigenvalue weighted by Crippen LogP contribution is 2.29. The molecule has 3 heterocycles. The fourth-order valence-electron chi connectivity index (χ4n) is 2.28. The van der Waals surface area contributed by atoms with Crippen molar-refractivity contribution in [3.8, 4) is 0 Å². The first-order valence-corrected chi connectivity index (χ1v) is 7.45. The summed E-state index contributed by atoms with van der Waals surface area (Å²) in [4.78, 5) is 15.1. The zero-order valence-corrected chi connectivity index (χ0v) is 12.1. The highest BCUT2D eigenvalue weighted by atomic mass is 32.1. The second-order valence-electron chi connectivity index (χ2n) is 5.13. The van der Waals surface area contributed by atoms with E-state index in [0.29, 0.717) is 32.3 Å². The summed E-state index contributed by atoms with van der Waals surface area (Å²) in [6.07, 6.45) is 4.24. The minimum absolute atomic E-state index is 0.139. The highest BCUT2D eigenvalue weighted by molar-refractivity contribution is 7.20. The molecule has 2 aromatic rings. The van der Waals surface area contributed by atoms with Crippen molar-refractivity contribution in [1.82, 2.24) is 9.47 Å². The molecular formula is C14H18N2O2S. The number of hydrogen-bond donors (Lipinski definition) is 0. The third kappa shape index (κ3) is 2.40. The molecule has 0 radical (unpaired) electrons. The summed E-state index contributed by atoms with van der Waals surface area (Å²) >= 11 is 1.58. The van der Waals surface area contributed by atoms with Crippen molar-refractivity contribution in [3.05, 3.63) is 23.3 Å². The van der Waals surface area contributed by atoms with Crippen LogP contribution >= 0.6 is 11.3 Å². The van der Waals surface area contributed by atoms with Crippen molar-refractivity contribution >= 4 is 27.3 Å². The van der Waals surface area contributed by atoms with Crippen LogP contribution < -0.4 is 0 Å². The minimum atomic E-state index is 0.139. The summed E-state index contributed by atoms with van der Waals surface area (Å²) in [6, 6.07) is 2.47. The lowest BCUT2D eigenvalue weighted by molar-refractivity contribution is 0.0306. The molecule has 1 aliphatic heterocycles. The van der Waals surface area contributed by atoms with E-state index in [2.05, 4.69) is 30.8 Å². The number of hydrogen-bond acceptors (Lipinski definition) is 3. The van der Waals surface area contributed by atoms with Crippen LogP contribution in [-0.2, 0) is 4.74 Å². The van der Waals surface area contributed by atoms with Gasteiger partial charge in [-0.1, -0.05) is 0 Å². The van der Waals surface area contributed by atoms with Gasteiger partial charge in [0.25, 0.3) is 5.91 Å². The smallest absolute Gasteiger partial charge is 0.264 e. The van der Waals surface area contributed by atoms with Crippen LogP contribution in [0.15, 0.2) is 18.5 Å². The van der Waals surface area contributed by atoms with Gasteiger partial charge in [-0.25, -0.2) is 0 Å². The number of aromatic nitrogens is 1. The quantitative estimate of drug-likeness (QED) is 0.846. The van der Waals surface area contributed by atoms with Gasteiger partial charge in [0.1, 0.15) is 0 Å². The van der Waals surface area contributed by atoms with Gasteiger partial charge in [-0.15, -0.1) is 11.3 Å². The average molecular weight is 278 g/mol. The van der Waals surface area contributed by atoms with Crippen molar-refractivity contribution in [2.75, 3.05) is 26.3 Å². The van der Waals surface area contributed by atoms with Crippen molar-refractivity contribution in [2.45, 2.75) is 19.9 Å². The van der Waals surface area contributed by atoms with Gasteiger partial charge in [0, 0.05) is 36.9 Å². The van der Waals surface area contributed by atoms with Crippen molar-refractivity contribution in [3.63, 3.8) is 0 Å². The zero-order chi connectivity index (χ0) is 13.4. The fraction of sp³-hybridized carbons (Fsp3) is 0.500. The summed E-state index contributed by atoms with van der Waals surface area (Å²) < 4.78 is 8.65. The Hall–Kier alpha value is -1.33. The Labute approximate surface area is 116 Å². The number of carbonyl (C=O) groups is 1. The van der Waals surface area contributed by atoms with Crippen molar-refractivity contribution in [2.24, 2.45) is 0 Å². The molecular weight excluding hydrogens is 260 g/mol. The van der Waals surface area contributed by atoms with E-state index in [1.807, 2.05) is 11.0 Å². The summed E-state index contributed by atoms with van der Waals surface area (Å²) in [7, 11) is 0. The topological polar surface area (TPSA) is 34.5 Å². The number of amides is 1. The molecule has 19 heavy (non-hydrogen) atoms. The molecule has 1 amide bonds. The first-order valence-electron chi connectivity index (χ1n) is 6.63. The number of ether oxygens (including phenoxy) is 1. The maximum absolute atomic E-state index is 12.4. The van der Waals surface area contributed by atoms with E-state index in [4.69, 9.17) is 4.74 Å². The van der Waals surface area contributed by atoms with E-state index in [0.717, 1.165) is 10.3 Å². The second-order valence-corrected chi connectivity index (χ2v) is 6.22. The number of nitrogens with zero attached hydrogens (tertiary/aromatic N) is 2. The summed E-state index contributed by atoms with van der Waals surface area (Å²) in [5.41, 5.74) is 0. The van der Waals surface area contributed by atoms with Gasteiger partial charge in [-0.3, -0.25) is 4.79 Å². The Kier molecular flexibility index (Phi) is 3.33. The van der Waals surface area contributed by atoms with E-state index in [1.165, 1.54) is 4.70 Å². The maximum atomic E-state index is 12.4. The molecule has 102 valence electrons. The van der Waals surface area contributed by atoms with E-state index in [-0.39, 0.29) is 5.91 Å². The molecule has 0 saturated carbocycles. The predicted octanol–water partition coefficient (Wildman–Crippen LogP) is 2.76. The molecule has 5 heteroatoms. The second kappa shape index (κ2) is 4.98. The van der Waals surface area contributed by atoms with Gasteiger partial charge in [0.05, 0.1) is 22.8 Å². The molecule has 0 unspecified atom stereocenters. The van der Waals surface area contributed by atoms with Gasteiger partial charge in [-0.05, 0) is 19.9 Å². The summed E-state index contributed by atoms with van der Waals surface area (Å²) in [5.74, 6) is 0.139. The monoisotopic (exact) mass is 278 g/mol. The molecule has 0 bridgehead atoms. The Morgan fingerprint density at radius 3 is 2.68 bits per heavy atom. The van der Waals surface area contributed by atoms with Crippen LogP contribution in [0, 0.1) is 0 Å². The van der Waals surface area contributed by atoms with Gasteiger partial charge < -0.3 is 14.2 Å². The lowest BCUT2D eigenvalue weighted by Gasteiger charge is -2.26. The first kappa shape index (κ1) is 12.7. The van der Waals surface area contributed by atoms with Crippen LogP contribution in [0.3, 0.4) is 0 Å². The number of thiophene rings is 1. The summed E-state index contributed by atoms with van der Waals surface area (Å²) in [5, 5.41) is 1.16. The Morgan fingerprint density at radius 2 is 2.05 bits per heavy atom. The molecule has 0 aromatic carbocycles. The molecule has 0 N–H and O–H groups in total. The molecule has 2 aromatic heterocycles. The Morgan fingerprint density at radius 1 is 1.32 bits per heavy atom. The standard InChI is InChI=1S/C14H18N2O2S/c1-10(2)16-8-11-7-12(19-13(11)9-16)14(17)15-3-5-18-6-4-15/h7-10H,3-6H2,1-2H3.